The Morgan fingerprint density at radius 1 is 1.25 bits per heavy atom. The lowest BCUT2D eigenvalue weighted by Gasteiger charge is -2.25. The third kappa shape index (κ3) is 5.11. The van der Waals surface area contributed by atoms with Gasteiger partial charge in [-0.15, -0.1) is 0 Å². The summed E-state index contributed by atoms with van der Waals surface area (Å²) in [5.41, 5.74) is 0. The van der Waals surface area contributed by atoms with Gasteiger partial charge in [0, 0.05) is 14.1 Å². The van der Waals surface area contributed by atoms with Crippen LogP contribution in [0.4, 0.5) is 0 Å². The lowest BCUT2D eigenvalue weighted by molar-refractivity contribution is -0.144. The van der Waals surface area contributed by atoms with Gasteiger partial charge in [0.25, 0.3) is 0 Å². The zero-order valence-corrected chi connectivity index (χ0v) is 10.6. The van der Waals surface area contributed by atoms with Crippen molar-refractivity contribution < 1.29 is 14.7 Å². The number of aliphatic carboxylic acids is 1. The van der Waals surface area contributed by atoms with E-state index in [1.807, 2.05) is 6.92 Å². The van der Waals surface area contributed by atoms with E-state index in [0.717, 1.165) is 12.8 Å². The van der Waals surface area contributed by atoms with Gasteiger partial charge in [0.2, 0.25) is 5.91 Å². The highest BCUT2D eigenvalue weighted by atomic mass is 16.4. The molecule has 5 nitrogen and oxygen atoms in total. The smallest absolute Gasteiger partial charge is 0.320 e. The molecule has 0 radical (unpaired) electrons. The second-order valence-corrected chi connectivity index (χ2v) is 4.20. The van der Waals surface area contributed by atoms with Crippen LogP contribution in [-0.4, -0.2) is 60.5 Å². The molecule has 0 spiro atoms. The van der Waals surface area contributed by atoms with Crippen LogP contribution in [0.25, 0.3) is 0 Å². The molecule has 0 aliphatic rings. The monoisotopic (exact) mass is 230 g/mol. The van der Waals surface area contributed by atoms with Crippen molar-refractivity contribution in [3.63, 3.8) is 0 Å². The summed E-state index contributed by atoms with van der Waals surface area (Å²) in [5, 5.41) is 9.06. The van der Waals surface area contributed by atoms with Crippen molar-refractivity contribution in [3.05, 3.63) is 0 Å². The van der Waals surface area contributed by atoms with Gasteiger partial charge in [-0.25, -0.2) is 0 Å². The van der Waals surface area contributed by atoms with Crippen LogP contribution in [0.1, 0.15) is 26.2 Å². The molecule has 0 rings (SSSR count). The molecule has 0 aromatic carbocycles. The Balaban J connectivity index is 4.32. The average molecular weight is 230 g/mol. The predicted octanol–water partition coefficient (Wildman–Crippen LogP) is 0.650. The Kier molecular flexibility index (Phi) is 6.72. The minimum atomic E-state index is -0.859. The third-order valence-corrected chi connectivity index (χ3v) is 2.53. The molecule has 0 fully saturated rings. The van der Waals surface area contributed by atoms with Gasteiger partial charge in [0.1, 0.15) is 6.04 Å². The van der Waals surface area contributed by atoms with Gasteiger partial charge in [-0.1, -0.05) is 19.8 Å². The summed E-state index contributed by atoms with van der Waals surface area (Å²) < 4.78 is 0. The fraction of sp³-hybridized carbons (Fsp3) is 0.818. The largest absolute Gasteiger partial charge is 0.480 e. The Labute approximate surface area is 97.0 Å². The number of nitrogens with zero attached hydrogens (tertiary/aromatic N) is 2. The van der Waals surface area contributed by atoms with E-state index in [0.29, 0.717) is 6.42 Å². The summed E-state index contributed by atoms with van der Waals surface area (Å²) in [4.78, 5) is 25.5. The predicted molar refractivity (Wildman–Crippen MR) is 62.3 cm³/mol. The molecule has 1 amide bonds. The number of carbonyl (C=O) groups excluding carboxylic acids is 1. The highest BCUT2D eigenvalue weighted by molar-refractivity contribution is 5.79. The maximum atomic E-state index is 11.4. The number of rotatable bonds is 7. The third-order valence-electron chi connectivity index (χ3n) is 2.53. The van der Waals surface area contributed by atoms with E-state index in [9.17, 15) is 9.59 Å². The minimum absolute atomic E-state index is 0.0785. The van der Waals surface area contributed by atoms with E-state index in [2.05, 4.69) is 0 Å². The lowest BCUT2D eigenvalue weighted by atomic mass is 10.1. The first-order chi connectivity index (χ1) is 7.40. The molecular formula is C11H22N2O3. The number of carboxylic acid groups (broad SMARTS) is 1. The van der Waals surface area contributed by atoms with Gasteiger partial charge < -0.3 is 10.0 Å². The van der Waals surface area contributed by atoms with Crippen LogP contribution in [0.15, 0.2) is 0 Å². The van der Waals surface area contributed by atoms with Gasteiger partial charge in [0.05, 0.1) is 6.54 Å². The first kappa shape index (κ1) is 14.9. The highest BCUT2D eigenvalue weighted by Gasteiger charge is 2.23. The van der Waals surface area contributed by atoms with Crippen LogP contribution in [0.2, 0.25) is 0 Å². The van der Waals surface area contributed by atoms with Crippen molar-refractivity contribution in [1.29, 1.82) is 0 Å². The van der Waals surface area contributed by atoms with Crippen LogP contribution in [0, 0.1) is 0 Å². The molecule has 0 saturated carbocycles. The van der Waals surface area contributed by atoms with Gasteiger partial charge in [0.15, 0.2) is 0 Å². The number of amides is 1. The summed E-state index contributed by atoms with van der Waals surface area (Å²) in [7, 11) is 5.01. The Morgan fingerprint density at radius 2 is 1.81 bits per heavy atom. The average Bonchev–Trinajstić information content (AvgIpc) is 2.17. The van der Waals surface area contributed by atoms with Crippen LogP contribution in [0.3, 0.4) is 0 Å². The summed E-state index contributed by atoms with van der Waals surface area (Å²) in [5.74, 6) is -0.937. The van der Waals surface area contributed by atoms with Crippen LogP contribution < -0.4 is 0 Å². The number of carbonyl (C=O) groups is 2. The van der Waals surface area contributed by atoms with Crippen molar-refractivity contribution in [3.8, 4) is 0 Å². The molecule has 5 heteroatoms. The van der Waals surface area contributed by atoms with E-state index >= 15 is 0 Å². The van der Waals surface area contributed by atoms with Crippen molar-refractivity contribution in [1.82, 2.24) is 9.80 Å². The fourth-order valence-electron chi connectivity index (χ4n) is 1.39. The maximum absolute atomic E-state index is 11.4. The maximum Gasteiger partial charge on any atom is 0.320 e. The molecule has 0 saturated heterocycles. The highest BCUT2D eigenvalue weighted by Crippen LogP contribution is 2.07. The Morgan fingerprint density at radius 3 is 2.19 bits per heavy atom. The molecule has 1 N–H and O–H groups in total. The summed E-state index contributed by atoms with van der Waals surface area (Å²) >= 11 is 0. The molecule has 0 bridgehead atoms. The van der Waals surface area contributed by atoms with Crippen molar-refractivity contribution in [2.24, 2.45) is 0 Å². The number of unbranched alkanes of at least 4 members (excludes halogenated alkanes) is 1. The summed E-state index contributed by atoms with van der Waals surface area (Å²) in [6.45, 7) is 2.16. The van der Waals surface area contributed by atoms with Crippen molar-refractivity contribution >= 4 is 11.9 Å². The second-order valence-electron chi connectivity index (χ2n) is 4.20. The molecule has 94 valence electrons. The molecule has 0 aromatic rings. The van der Waals surface area contributed by atoms with E-state index in [1.54, 1.807) is 26.0 Å². The van der Waals surface area contributed by atoms with Gasteiger partial charge in [-0.05, 0) is 13.5 Å². The van der Waals surface area contributed by atoms with E-state index in [-0.39, 0.29) is 12.5 Å². The topological polar surface area (TPSA) is 60.9 Å². The standard InChI is InChI=1S/C11H22N2O3/c1-5-6-7-9(11(15)16)13(4)8-10(14)12(2)3/h9H,5-8H2,1-4H3,(H,15,16). The minimum Gasteiger partial charge on any atom is -0.480 e. The van der Waals surface area contributed by atoms with Gasteiger partial charge >= 0.3 is 5.97 Å². The molecule has 0 aliphatic carbocycles. The fourth-order valence-corrected chi connectivity index (χ4v) is 1.39. The zero-order chi connectivity index (χ0) is 12.7. The Bertz CT molecular complexity index is 241. The molecule has 1 atom stereocenters. The first-order valence-electron chi connectivity index (χ1n) is 5.53. The Hall–Kier alpha value is -1.10. The normalized spacial score (nSPS) is 12.6. The quantitative estimate of drug-likeness (QED) is 0.697. The molecule has 1 unspecified atom stereocenters. The van der Waals surface area contributed by atoms with Crippen LogP contribution in [-0.2, 0) is 9.59 Å². The SMILES string of the molecule is CCCCC(C(=O)O)N(C)CC(=O)N(C)C. The molecule has 16 heavy (non-hydrogen) atoms. The van der Waals surface area contributed by atoms with E-state index < -0.39 is 12.0 Å². The number of hydrogen-bond donors (Lipinski definition) is 1. The van der Waals surface area contributed by atoms with E-state index in [4.69, 9.17) is 5.11 Å². The number of hydrogen-bond acceptors (Lipinski definition) is 3. The lowest BCUT2D eigenvalue weighted by Crippen LogP contribution is -2.44. The molecule has 0 aliphatic heterocycles. The molecular weight excluding hydrogens is 208 g/mol. The van der Waals surface area contributed by atoms with Gasteiger partial charge in [-0.2, -0.15) is 0 Å². The zero-order valence-electron chi connectivity index (χ0n) is 10.6. The van der Waals surface area contributed by atoms with Crippen LogP contribution >= 0.6 is 0 Å². The summed E-state index contributed by atoms with van der Waals surface area (Å²) in [6.07, 6.45) is 2.40. The summed E-state index contributed by atoms with van der Waals surface area (Å²) in [6, 6.07) is -0.566. The van der Waals surface area contributed by atoms with Crippen molar-refractivity contribution in [2.45, 2.75) is 32.2 Å². The number of likely N-dealkylation sites (N-methyl/N-ethyl adjacent to an activating group) is 2. The second kappa shape index (κ2) is 7.22. The molecule has 0 heterocycles. The van der Waals surface area contributed by atoms with Gasteiger partial charge in [-0.3, -0.25) is 14.5 Å². The molecule has 0 aromatic heterocycles. The van der Waals surface area contributed by atoms with E-state index in [1.165, 1.54) is 4.90 Å². The van der Waals surface area contributed by atoms with Crippen LogP contribution in [0.5, 0.6) is 0 Å². The number of carboxylic acids is 1. The first-order valence-corrected chi connectivity index (χ1v) is 5.53. The van der Waals surface area contributed by atoms with Crippen molar-refractivity contribution in [2.75, 3.05) is 27.7 Å².